The number of hydrogen-bond donors (Lipinski definition) is 2. The summed E-state index contributed by atoms with van der Waals surface area (Å²) in [6, 6.07) is 0.599. The second-order valence-corrected chi connectivity index (χ2v) is 4.58. The van der Waals surface area contributed by atoms with Gasteiger partial charge < -0.3 is 20.3 Å². The normalized spacial score (nSPS) is 18.6. The van der Waals surface area contributed by atoms with Gasteiger partial charge in [0.2, 0.25) is 5.91 Å². The van der Waals surface area contributed by atoms with Crippen molar-refractivity contribution in [2.45, 2.75) is 18.9 Å². The summed E-state index contributed by atoms with van der Waals surface area (Å²) in [7, 11) is 1.62. The summed E-state index contributed by atoms with van der Waals surface area (Å²) in [5.74, 6) is -2.01. The van der Waals surface area contributed by atoms with Crippen molar-refractivity contribution >= 4 is 17.8 Å². The highest BCUT2D eigenvalue weighted by atomic mass is 16.4. The van der Waals surface area contributed by atoms with Gasteiger partial charge in [-0.3, -0.25) is 9.59 Å². The van der Waals surface area contributed by atoms with E-state index in [2.05, 4.69) is 0 Å². The van der Waals surface area contributed by atoms with Gasteiger partial charge in [-0.25, -0.2) is 4.79 Å². The summed E-state index contributed by atoms with van der Waals surface area (Å²) in [6.07, 6.45) is 2.57. The van der Waals surface area contributed by atoms with Gasteiger partial charge in [0.05, 0.1) is 5.56 Å². The Hall–Kier alpha value is -2.31. The fraction of sp³-hybridized carbons (Fsp3) is 0.417. The van der Waals surface area contributed by atoms with Crippen molar-refractivity contribution in [1.29, 1.82) is 0 Å². The van der Waals surface area contributed by atoms with Crippen molar-refractivity contribution in [1.82, 2.24) is 9.47 Å². The van der Waals surface area contributed by atoms with E-state index in [1.54, 1.807) is 7.05 Å². The molecule has 0 spiro atoms. The van der Waals surface area contributed by atoms with E-state index in [0.717, 1.165) is 0 Å². The number of nitrogens with two attached hydrogens (primary N) is 1. The van der Waals surface area contributed by atoms with Crippen LogP contribution in [0.4, 0.5) is 0 Å². The van der Waals surface area contributed by atoms with Crippen molar-refractivity contribution in [3.05, 3.63) is 23.5 Å². The molecule has 7 heteroatoms. The van der Waals surface area contributed by atoms with Crippen LogP contribution in [0.15, 0.2) is 12.3 Å². The van der Waals surface area contributed by atoms with E-state index < -0.39 is 17.9 Å². The second kappa shape index (κ2) is 4.75. The summed E-state index contributed by atoms with van der Waals surface area (Å²) in [4.78, 5) is 35.8. The van der Waals surface area contributed by atoms with Crippen molar-refractivity contribution in [2.24, 2.45) is 12.8 Å². The van der Waals surface area contributed by atoms with E-state index in [1.807, 2.05) is 0 Å². The van der Waals surface area contributed by atoms with Gasteiger partial charge >= 0.3 is 5.97 Å². The molecule has 2 heterocycles. The number of likely N-dealkylation sites (tertiary alicyclic amines) is 1. The maximum absolute atomic E-state index is 12.3. The molecule has 0 radical (unpaired) electrons. The van der Waals surface area contributed by atoms with E-state index in [1.165, 1.54) is 21.7 Å². The molecule has 1 aliphatic heterocycles. The fourth-order valence-corrected chi connectivity index (χ4v) is 2.33. The van der Waals surface area contributed by atoms with Gasteiger partial charge in [-0.15, -0.1) is 0 Å². The summed E-state index contributed by atoms with van der Waals surface area (Å²) >= 11 is 0. The van der Waals surface area contributed by atoms with Crippen LogP contribution in [-0.2, 0) is 11.8 Å². The maximum Gasteiger partial charge on any atom is 0.326 e. The number of carboxylic acid groups (broad SMARTS) is 1. The molecular formula is C12H15N3O4. The van der Waals surface area contributed by atoms with Crippen LogP contribution >= 0.6 is 0 Å². The largest absolute Gasteiger partial charge is 0.480 e. The lowest BCUT2D eigenvalue weighted by Gasteiger charge is -2.21. The van der Waals surface area contributed by atoms with Gasteiger partial charge in [-0.2, -0.15) is 0 Å². The Balaban J connectivity index is 2.29. The van der Waals surface area contributed by atoms with Crippen molar-refractivity contribution in [3.63, 3.8) is 0 Å². The number of hydrogen-bond acceptors (Lipinski definition) is 3. The standard InChI is InChI=1S/C12H15N3O4/c1-14-6-7(10(13)16)5-9(14)11(17)15-4-2-3-8(15)12(18)19/h5-6,8H,2-4H2,1H3,(H2,13,16)(H,18,19)/t8-/m0/s1. The Morgan fingerprint density at radius 1 is 1.42 bits per heavy atom. The second-order valence-electron chi connectivity index (χ2n) is 4.58. The minimum Gasteiger partial charge on any atom is -0.480 e. The first-order valence-electron chi connectivity index (χ1n) is 5.91. The van der Waals surface area contributed by atoms with E-state index in [9.17, 15) is 14.4 Å². The van der Waals surface area contributed by atoms with Crippen LogP contribution in [0.1, 0.15) is 33.7 Å². The number of nitrogens with zero attached hydrogens (tertiary/aromatic N) is 2. The lowest BCUT2D eigenvalue weighted by Crippen LogP contribution is -2.41. The molecule has 3 N–H and O–H groups in total. The molecule has 0 aromatic carbocycles. The Morgan fingerprint density at radius 2 is 2.11 bits per heavy atom. The average molecular weight is 265 g/mol. The smallest absolute Gasteiger partial charge is 0.326 e. The Morgan fingerprint density at radius 3 is 2.63 bits per heavy atom. The lowest BCUT2D eigenvalue weighted by atomic mass is 10.2. The predicted octanol–water partition coefficient (Wildman–Crippen LogP) is -0.187. The summed E-state index contributed by atoms with van der Waals surface area (Å²) in [5, 5.41) is 9.07. The molecule has 1 aliphatic rings. The molecule has 2 rings (SSSR count). The molecule has 2 amide bonds. The van der Waals surface area contributed by atoms with Gasteiger partial charge in [-0.1, -0.05) is 0 Å². The van der Waals surface area contributed by atoms with Gasteiger partial charge in [0.25, 0.3) is 5.91 Å². The zero-order valence-corrected chi connectivity index (χ0v) is 10.5. The molecule has 0 bridgehead atoms. The van der Waals surface area contributed by atoms with E-state index in [-0.39, 0.29) is 17.2 Å². The third-order valence-electron chi connectivity index (χ3n) is 3.31. The number of rotatable bonds is 3. The number of primary amides is 1. The molecule has 1 fully saturated rings. The molecule has 0 aliphatic carbocycles. The first kappa shape index (κ1) is 13.1. The zero-order chi connectivity index (χ0) is 14.2. The van der Waals surface area contributed by atoms with Gasteiger partial charge in [0.1, 0.15) is 11.7 Å². The number of aliphatic carboxylic acids is 1. The van der Waals surface area contributed by atoms with E-state index in [4.69, 9.17) is 10.8 Å². The molecule has 102 valence electrons. The number of carbonyl (C=O) groups excluding carboxylic acids is 2. The highest BCUT2D eigenvalue weighted by Gasteiger charge is 2.35. The zero-order valence-electron chi connectivity index (χ0n) is 10.5. The van der Waals surface area contributed by atoms with Crippen molar-refractivity contribution in [2.75, 3.05) is 6.54 Å². The third-order valence-corrected chi connectivity index (χ3v) is 3.31. The van der Waals surface area contributed by atoms with Crippen LogP contribution in [0, 0.1) is 0 Å². The lowest BCUT2D eigenvalue weighted by molar-refractivity contribution is -0.141. The maximum atomic E-state index is 12.3. The first-order valence-corrected chi connectivity index (χ1v) is 5.91. The number of aryl methyl sites for hydroxylation is 1. The van der Waals surface area contributed by atoms with Crippen LogP contribution in [0.3, 0.4) is 0 Å². The minimum atomic E-state index is -1.00. The number of carboxylic acids is 1. The Kier molecular flexibility index (Phi) is 3.28. The molecule has 1 atom stereocenters. The monoisotopic (exact) mass is 265 g/mol. The molecule has 1 aromatic rings. The van der Waals surface area contributed by atoms with E-state index >= 15 is 0 Å². The van der Waals surface area contributed by atoms with Crippen LogP contribution in [0.25, 0.3) is 0 Å². The average Bonchev–Trinajstić information content (AvgIpc) is 2.93. The van der Waals surface area contributed by atoms with Crippen molar-refractivity contribution in [3.8, 4) is 0 Å². The number of amides is 2. The molecular weight excluding hydrogens is 250 g/mol. The van der Waals surface area contributed by atoms with Crippen LogP contribution < -0.4 is 5.73 Å². The molecule has 19 heavy (non-hydrogen) atoms. The molecule has 1 aromatic heterocycles. The SMILES string of the molecule is Cn1cc(C(N)=O)cc1C(=O)N1CCC[C@H]1C(=O)O. The predicted molar refractivity (Wildman–Crippen MR) is 65.6 cm³/mol. The Bertz CT molecular complexity index is 549. The third kappa shape index (κ3) is 2.31. The highest BCUT2D eigenvalue weighted by Crippen LogP contribution is 2.21. The minimum absolute atomic E-state index is 0.233. The van der Waals surface area contributed by atoms with Gasteiger partial charge in [0, 0.05) is 19.8 Å². The highest BCUT2D eigenvalue weighted by molar-refractivity contribution is 6.00. The van der Waals surface area contributed by atoms with Crippen LogP contribution in [-0.4, -0.2) is 44.9 Å². The molecule has 1 saturated heterocycles. The summed E-state index contributed by atoms with van der Waals surface area (Å²) in [5.41, 5.74) is 5.65. The molecule has 7 nitrogen and oxygen atoms in total. The van der Waals surface area contributed by atoms with Crippen LogP contribution in [0.5, 0.6) is 0 Å². The summed E-state index contributed by atoms with van der Waals surface area (Å²) in [6.45, 7) is 0.410. The number of aromatic nitrogens is 1. The van der Waals surface area contributed by atoms with E-state index in [0.29, 0.717) is 19.4 Å². The fourth-order valence-electron chi connectivity index (χ4n) is 2.33. The van der Waals surface area contributed by atoms with Crippen molar-refractivity contribution < 1.29 is 19.5 Å². The van der Waals surface area contributed by atoms with Crippen LogP contribution in [0.2, 0.25) is 0 Å². The first-order chi connectivity index (χ1) is 8.91. The molecule has 0 unspecified atom stereocenters. The number of carbonyl (C=O) groups is 3. The quantitative estimate of drug-likeness (QED) is 0.790. The van der Waals surface area contributed by atoms with Gasteiger partial charge in [-0.05, 0) is 18.9 Å². The summed E-state index contributed by atoms with van der Waals surface area (Å²) < 4.78 is 1.49. The van der Waals surface area contributed by atoms with Gasteiger partial charge in [0.15, 0.2) is 0 Å². The topological polar surface area (TPSA) is 106 Å². The Labute approximate surface area is 109 Å². The molecule has 0 saturated carbocycles.